The van der Waals surface area contributed by atoms with E-state index in [2.05, 4.69) is 15.2 Å². The van der Waals surface area contributed by atoms with E-state index in [4.69, 9.17) is 10.9 Å². The van der Waals surface area contributed by atoms with Gasteiger partial charge < -0.3 is 10.9 Å². The Hall–Kier alpha value is -2.38. The number of aliphatic hydroxyl groups excluding tert-OH is 1. The summed E-state index contributed by atoms with van der Waals surface area (Å²) in [6.45, 7) is 0.0536. The van der Waals surface area contributed by atoms with Gasteiger partial charge in [-0.3, -0.25) is 4.98 Å². The summed E-state index contributed by atoms with van der Waals surface area (Å²) >= 11 is 1.50. The van der Waals surface area contributed by atoms with Gasteiger partial charge in [0, 0.05) is 11.9 Å². The fourth-order valence-electron chi connectivity index (χ4n) is 1.93. The molecule has 0 bridgehead atoms. The summed E-state index contributed by atoms with van der Waals surface area (Å²) in [7, 11) is 0. The Morgan fingerprint density at radius 1 is 1.05 bits per heavy atom. The minimum Gasteiger partial charge on any atom is -0.392 e. The smallest absolute Gasteiger partial charge is 0.210 e. The highest BCUT2D eigenvalue weighted by molar-refractivity contribution is 7.98. The van der Waals surface area contributed by atoms with E-state index in [1.807, 2.05) is 42.5 Å². The molecule has 1 aromatic carbocycles. The maximum Gasteiger partial charge on any atom is 0.210 e. The Kier molecular flexibility index (Phi) is 4.36. The molecule has 0 unspecified atom stereocenters. The van der Waals surface area contributed by atoms with Crippen molar-refractivity contribution in [2.45, 2.75) is 17.5 Å². The molecule has 22 heavy (non-hydrogen) atoms. The molecule has 7 heteroatoms. The summed E-state index contributed by atoms with van der Waals surface area (Å²) in [6.07, 6.45) is 1.69. The zero-order valence-corrected chi connectivity index (χ0v) is 12.6. The van der Waals surface area contributed by atoms with E-state index >= 15 is 0 Å². The van der Waals surface area contributed by atoms with Crippen molar-refractivity contribution >= 4 is 11.8 Å². The molecule has 0 atom stereocenters. The molecule has 3 aromatic rings. The Morgan fingerprint density at radius 2 is 1.82 bits per heavy atom. The predicted octanol–water partition coefficient (Wildman–Crippen LogP) is 1.84. The minimum absolute atomic E-state index is 0.0536. The van der Waals surface area contributed by atoms with Crippen LogP contribution in [0.2, 0.25) is 0 Å². The minimum atomic E-state index is 0.0536. The fraction of sp³-hybridized carbons (Fsp3) is 0.133. The summed E-state index contributed by atoms with van der Waals surface area (Å²) in [4.78, 5) is 4.22. The molecule has 6 nitrogen and oxygen atoms in total. The second-order valence-corrected chi connectivity index (χ2v) is 5.60. The monoisotopic (exact) mass is 313 g/mol. The van der Waals surface area contributed by atoms with Crippen LogP contribution in [0, 0.1) is 0 Å². The maximum absolute atomic E-state index is 9.03. The van der Waals surface area contributed by atoms with Crippen LogP contribution in [0.1, 0.15) is 11.1 Å². The number of thioether (sulfide) groups is 1. The van der Waals surface area contributed by atoms with Gasteiger partial charge in [0.2, 0.25) is 11.0 Å². The van der Waals surface area contributed by atoms with Crippen molar-refractivity contribution in [3.05, 3.63) is 59.8 Å². The highest BCUT2D eigenvalue weighted by atomic mass is 32.2. The Bertz CT molecular complexity index is 742. The SMILES string of the molecule is Nn1c(SCc2ccc(CO)cc2)nnc1-c1ccccn1. The van der Waals surface area contributed by atoms with Crippen molar-refractivity contribution in [1.29, 1.82) is 0 Å². The van der Waals surface area contributed by atoms with Crippen LogP contribution in [0.4, 0.5) is 0 Å². The zero-order valence-electron chi connectivity index (χ0n) is 11.8. The van der Waals surface area contributed by atoms with Gasteiger partial charge in [-0.25, -0.2) is 4.68 Å². The average molecular weight is 313 g/mol. The molecular formula is C15H15N5OS. The molecule has 0 saturated heterocycles. The largest absolute Gasteiger partial charge is 0.392 e. The van der Waals surface area contributed by atoms with Crippen molar-refractivity contribution in [3.63, 3.8) is 0 Å². The quantitative estimate of drug-likeness (QED) is 0.552. The van der Waals surface area contributed by atoms with E-state index in [1.54, 1.807) is 6.20 Å². The lowest BCUT2D eigenvalue weighted by atomic mass is 10.2. The maximum atomic E-state index is 9.03. The highest BCUT2D eigenvalue weighted by Crippen LogP contribution is 2.23. The van der Waals surface area contributed by atoms with Crippen molar-refractivity contribution < 1.29 is 5.11 Å². The number of aromatic nitrogens is 4. The number of pyridine rings is 1. The first-order valence-corrected chi connectivity index (χ1v) is 7.70. The van der Waals surface area contributed by atoms with Crippen molar-refractivity contribution in [2.75, 3.05) is 5.84 Å². The molecule has 0 aliphatic rings. The fourth-order valence-corrected chi connectivity index (χ4v) is 2.75. The average Bonchev–Trinajstić information content (AvgIpc) is 2.95. The molecule has 0 saturated carbocycles. The first-order chi connectivity index (χ1) is 10.8. The first-order valence-electron chi connectivity index (χ1n) is 6.71. The first kappa shape index (κ1) is 14.6. The normalized spacial score (nSPS) is 10.8. The topological polar surface area (TPSA) is 89.8 Å². The van der Waals surface area contributed by atoms with Crippen molar-refractivity contribution in [1.82, 2.24) is 19.9 Å². The molecule has 0 aliphatic heterocycles. The third-order valence-corrected chi connectivity index (χ3v) is 4.15. The van der Waals surface area contributed by atoms with Crippen LogP contribution in [0.15, 0.2) is 53.8 Å². The molecule has 112 valence electrons. The van der Waals surface area contributed by atoms with Crippen LogP contribution in [-0.4, -0.2) is 25.0 Å². The van der Waals surface area contributed by atoms with E-state index in [9.17, 15) is 0 Å². The Labute approximate surface area is 132 Å². The van der Waals surface area contributed by atoms with Gasteiger partial charge in [-0.15, -0.1) is 10.2 Å². The molecular weight excluding hydrogens is 298 g/mol. The van der Waals surface area contributed by atoms with Gasteiger partial charge >= 0.3 is 0 Å². The molecule has 2 aromatic heterocycles. The summed E-state index contributed by atoms with van der Waals surface area (Å²) in [5.74, 6) is 7.31. The van der Waals surface area contributed by atoms with Gasteiger partial charge in [0.15, 0.2) is 0 Å². The van der Waals surface area contributed by atoms with Crippen LogP contribution in [0.5, 0.6) is 0 Å². The van der Waals surface area contributed by atoms with Crippen LogP contribution in [0.25, 0.3) is 11.5 Å². The van der Waals surface area contributed by atoms with Crippen LogP contribution >= 0.6 is 11.8 Å². The summed E-state index contributed by atoms with van der Waals surface area (Å²) in [5.41, 5.74) is 2.72. The predicted molar refractivity (Wildman–Crippen MR) is 85.3 cm³/mol. The number of hydrogen-bond acceptors (Lipinski definition) is 6. The summed E-state index contributed by atoms with van der Waals surface area (Å²) in [6, 6.07) is 13.3. The number of hydrogen-bond donors (Lipinski definition) is 2. The summed E-state index contributed by atoms with van der Waals surface area (Å²) < 4.78 is 1.45. The number of benzene rings is 1. The molecule has 0 amide bonds. The lowest BCUT2D eigenvalue weighted by Crippen LogP contribution is -2.12. The molecule has 0 radical (unpaired) electrons. The molecule has 0 aliphatic carbocycles. The Morgan fingerprint density at radius 3 is 2.50 bits per heavy atom. The van der Waals surface area contributed by atoms with Crippen LogP contribution in [-0.2, 0) is 12.4 Å². The van der Waals surface area contributed by atoms with Gasteiger partial charge in [0.1, 0.15) is 5.69 Å². The van der Waals surface area contributed by atoms with Crippen molar-refractivity contribution in [3.8, 4) is 11.5 Å². The number of nitrogens with zero attached hydrogens (tertiary/aromatic N) is 4. The van der Waals surface area contributed by atoms with Gasteiger partial charge in [0.25, 0.3) is 0 Å². The van der Waals surface area contributed by atoms with E-state index < -0.39 is 0 Å². The standard InChI is InChI=1S/C15H15N5OS/c16-20-14(13-3-1-2-8-17-13)18-19-15(20)22-10-12-6-4-11(9-21)5-7-12/h1-8,21H,9-10,16H2. The van der Waals surface area contributed by atoms with Crippen LogP contribution in [0.3, 0.4) is 0 Å². The number of rotatable bonds is 5. The van der Waals surface area contributed by atoms with E-state index in [-0.39, 0.29) is 6.61 Å². The molecule has 0 fully saturated rings. The highest BCUT2D eigenvalue weighted by Gasteiger charge is 2.12. The van der Waals surface area contributed by atoms with Crippen LogP contribution < -0.4 is 5.84 Å². The van der Waals surface area contributed by atoms with Gasteiger partial charge in [-0.1, -0.05) is 42.1 Å². The van der Waals surface area contributed by atoms with E-state index in [0.717, 1.165) is 16.9 Å². The molecule has 2 heterocycles. The number of nitrogen functional groups attached to an aromatic ring is 1. The Balaban J connectivity index is 1.72. The van der Waals surface area contributed by atoms with E-state index in [0.29, 0.717) is 16.7 Å². The van der Waals surface area contributed by atoms with Gasteiger partial charge in [-0.05, 0) is 23.3 Å². The molecule has 0 spiro atoms. The second-order valence-electron chi connectivity index (χ2n) is 4.65. The van der Waals surface area contributed by atoms with Gasteiger partial charge in [0.05, 0.1) is 6.61 Å². The molecule has 3 rings (SSSR count). The number of aliphatic hydroxyl groups is 1. The van der Waals surface area contributed by atoms with Crippen molar-refractivity contribution in [2.24, 2.45) is 0 Å². The zero-order chi connectivity index (χ0) is 15.4. The van der Waals surface area contributed by atoms with Gasteiger partial charge in [-0.2, -0.15) is 0 Å². The molecule has 3 N–H and O–H groups in total. The third kappa shape index (κ3) is 3.10. The lowest BCUT2D eigenvalue weighted by Gasteiger charge is -2.04. The number of nitrogens with two attached hydrogens (primary N) is 1. The summed E-state index contributed by atoms with van der Waals surface area (Å²) in [5, 5.41) is 17.9. The lowest BCUT2D eigenvalue weighted by molar-refractivity contribution is 0.282. The third-order valence-electron chi connectivity index (χ3n) is 3.13. The second kappa shape index (κ2) is 6.59. The van der Waals surface area contributed by atoms with E-state index in [1.165, 1.54) is 16.4 Å².